The van der Waals surface area contributed by atoms with Crippen LogP contribution < -0.4 is 21.1 Å². The molecule has 4 aliphatic rings. The monoisotopic (exact) mass is 610 g/mol. The molecule has 10 heteroatoms. The summed E-state index contributed by atoms with van der Waals surface area (Å²) in [5.74, 6) is 7.35. The maximum absolute atomic E-state index is 12.4. The number of nitrogens with one attached hydrogen (secondary N) is 2. The number of aliphatic imine (C=N–C) groups is 1. The molecule has 2 aliphatic heterocycles. The second kappa shape index (κ2) is 14.4. The molecule has 7 N–H and O–H groups in total. The topological polar surface area (TPSA) is 159 Å². The largest absolute Gasteiger partial charge is 0.504 e. The lowest BCUT2D eigenvalue weighted by Crippen LogP contribution is -2.57. The van der Waals surface area contributed by atoms with Crippen LogP contribution in [0.25, 0.3) is 0 Å². The van der Waals surface area contributed by atoms with Crippen molar-refractivity contribution in [3.8, 4) is 23.3 Å². The number of fused-ring (bicyclic) bond motifs is 5. The molecule has 0 aromatic heterocycles. The number of aromatic hydroxyl groups is 1. The van der Waals surface area contributed by atoms with Gasteiger partial charge < -0.3 is 41.2 Å². The minimum atomic E-state index is -0.813. The average Bonchev–Trinajstić information content (AvgIpc) is 2.99. The zero-order valence-electron chi connectivity index (χ0n) is 26.1. The van der Waals surface area contributed by atoms with Crippen molar-refractivity contribution in [1.29, 1.82) is 0 Å². The highest BCUT2D eigenvalue weighted by atomic mass is 16.5. The van der Waals surface area contributed by atoms with Crippen LogP contribution in [0.3, 0.4) is 0 Å². The van der Waals surface area contributed by atoms with Crippen molar-refractivity contribution in [3.63, 3.8) is 0 Å². The molecule has 5 rings (SSSR count). The molecular formula is C34H50N4O6. The minimum Gasteiger partial charge on any atom is -0.504 e. The van der Waals surface area contributed by atoms with Crippen molar-refractivity contribution in [3.05, 3.63) is 23.8 Å². The van der Waals surface area contributed by atoms with Gasteiger partial charge in [-0.25, -0.2) is 0 Å². The number of aliphatic hydroxyl groups is 2. The Morgan fingerprint density at radius 3 is 2.77 bits per heavy atom. The summed E-state index contributed by atoms with van der Waals surface area (Å²) in [6.45, 7) is 2.26. The molecule has 1 spiro atoms. The number of phenolic OH excluding ortho intramolecular Hbond substituents is 1. The molecule has 242 valence electrons. The third-order valence-corrected chi connectivity index (χ3v) is 10.3. The summed E-state index contributed by atoms with van der Waals surface area (Å²) in [7, 11) is 1.63. The van der Waals surface area contributed by atoms with Crippen molar-refractivity contribution >= 4 is 11.9 Å². The van der Waals surface area contributed by atoms with Crippen molar-refractivity contribution < 1.29 is 29.6 Å². The van der Waals surface area contributed by atoms with Gasteiger partial charge in [-0.15, -0.1) is 0 Å². The van der Waals surface area contributed by atoms with Gasteiger partial charge in [0.2, 0.25) is 0 Å². The van der Waals surface area contributed by atoms with Gasteiger partial charge in [0.25, 0.3) is 0 Å². The van der Waals surface area contributed by atoms with Crippen LogP contribution >= 0.6 is 0 Å². The number of nitrogens with zero attached hydrogens (tertiary/aromatic N) is 1. The van der Waals surface area contributed by atoms with Gasteiger partial charge in [0.1, 0.15) is 12.2 Å². The molecule has 1 aromatic rings. The molecule has 9 atom stereocenters. The Balaban J connectivity index is 1.60. The highest BCUT2D eigenvalue weighted by molar-refractivity contribution is 5.78. The molecule has 0 radical (unpaired) electrons. The highest BCUT2D eigenvalue weighted by Crippen LogP contribution is 2.43. The van der Waals surface area contributed by atoms with E-state index in [0.29, 0.717) is 37.4 Å². The number of carbonyl (C=O) groups is 1. The fourth-order valence-corrected chi connectivity index (χ4v) is 7.86. The fourth-order valence-electron chi connectivity index (χ4n) is 7.86. The van der Waals surface area contributed by atoms with E-state index in [1.54, 1.807) is 13.1 Å². The number of aliphatic hydroxyl groups excluding tert-OH is 2. The predicted molar refractivity (Wildman–Crippen MR) is 168 cm³/mol. The zero-order valence-corrected chi connectivity index (χ0v) is 26.1. The first-order valence-corrected chi connectivity index (χ1v) is 16.4. The first kappa shape index (κ1) is 32.4. The molecule has 1 saturated heterocycles. The van der Waals surface area contributed by atoms with E-state index in [1.165, 1.54) is 6.92 Å². The first-order chi connectivity index (χ1) is 21.2. The summed E-state index contributed by atoms with van der Waals surface area (Å²) in [4.78, 5) is 16.5. The van der Waals surface area contributed by atoms with E-state index in [0.717, 1.165) is 57.1 Å². The van der Waals surface area contributed by atoms with E-state index >= 15 is 0 Å². The second-order valence-corrected chi connectivity index (χ2v) is 13.3. The number of esters is 1. The van der Waals surface area contributed by atoms with Gasteiger partial charge in [-0.05, 0) is 88.4 Å². The average molecular weight is 611 g/mol. The lowest BCUT2D eigenvalue weighted by molar-refractivity contribution is -0.152. The third kappa shape index (κ3) is 7.61. The van der Waals surface area contributed by atoms with Gasteiger partial charge in [0.15, 0.2) is 17.5 Å². The lowest BCUT2D eigenvalue weighted by Gasteiger charge is -2.45. The number of piperidine rings is 1. The molecule has 0 unspecified atom stereocenters. The van der Waals surface area contributed by atoms with Crippen LogP contribution in [0.1, 0.15) is 83.1 Å². The van der Waals surface area contributed by atoms with E-state index < -0.39 is 23.7 Å². The van der Waals surface area contributed by atoms with Crippen LogP contribution in [0.2, 0.25) is 0 Å². The number of phenols is 1. The second-order valence-electron chi connectivity index (χ2n) is 13.3. The van der Waals surface area contributed by atoms with Crippen LogP contribution in [0.4, 0.5) is 0 Å². The van der Waals surface area contributed by atoms with Crippen LogP contribution in [-0.4, -0.2) is 77.3 Å². The molecule has 2 fully saturated rings. The van der Waals surface area contributed by atoms with E-state index in [4.69, 9.17) is 15.2 Å². The Hall–Kier alpha value is -3.00. The lowest BCUT2D eigenvalue weighted by atomic mass is 9.64. The van der Waals surface area contributed by atoms with E-state index in [1.807, 2.05) is 12.1 Å². The van der Waals surface area contributed by atoms with Gasteiger partial charge in [-0.3, -0.25) is 9.79 Å². The zero-order chi connectivity index (χ0) is 31.3. The molecule has 4 bridgehead atoms. The van der Waals surface area contributed by atoms with Crippen LogP contribution in [0.5, 0.6) is 11.5 Å². The molecule has 0 amide bonds. The highest BCUT2D eigenvalue weighted by Gasteiger charge is 2.47. The number of hydrogen-bond acceptors (Lipinski definition) is 8. The summed E-state index contributed by atoms with van der Waals surface area (Å²) < 4.78 is 12.3. The van der Waals surface area contributed by atoms with Crippen molar-refractivity contribution in [2.45, 2.75) is 120 Å². The molecule has 1 saturated carbocycles. The van der Waals surface area contributed by atoms with E-state index in [-0.39, 0.29) is 48.2 Å². The summed E-state index contributed by atoms with van der Waals surface area (Å²) in [5.41, 5.74) is 6.27. The molecule has 1 aromatic carbocycles. The number of ether oxygens (including phenoxy) is 2. The van der Waals surface area contributed by atoms with Crippen LogP contribution in [0.15, 0.2) is 23.2 Å². The Kier molecular flexibility index (Phi) is 10.6. The molecule has 2 aliphatic carbocycles. The Morgan fingerprint density at radius 2 is 1.98 bits per heavy atom. The van der Waals surface area contributed by atoms with Gasteiger partial charge in [-0.1, -0.05) is 24.3 Å². The Morgan fingerprint density at radius 1 is 1.16 bits per heavy atom. The molecule has 10 nitrogen and oxygen atoms in total. The summed E-state index contributed by atoms with van der Waals surface area (Å²) in [6, 6.07) is 5.52. The summed E-state index contributed by atoms with van der Waals surface area (Å²) >= 11 is 0. The molecular weight excluding hydrogens is 560 g/mol. The fraction of sp³-hybridized carbons (Fsp3) is 0.706. The maximum atomic E-state index is 12.4. The van der Waals surface area contributed by atoms with Gasteiger partial charge in [0.05, 0.1) is 17.6 Å². The quantitative estimate of drug-likeness (QED) is 0.128. The standard InChI is InChI=1S/C34H50N4O6/c1-21(39)43-29-20-25(40)12-15-34(31(38-33(35)36-2)7-4-8-32(34)42)14-11-23-5-3-6-24-19-26(13-16-37-24)44-30-18-22(17-27(23)29)9-10-28(30)41/h9-10,18,23-27,29,31-32,37,40-42H,3-8,12-13,15-17,19-20H2,1-2H3,(H3,35,36,38)/t23-,24-,25-,26-,27+,29-,31+,32-,34+/m0/s1. The smallest absolute Gasteiger partial charge is 0.302 e. The number of guanidine groups is 1. The number of carbonyl (C=O) groups excluding carboxylic acids is 1. The predicted octanol–water partition coefficient (Wildman–Crippen LogP) is 2.76. The number of rotatable bonds is 2. The van der Waals surface area contributed by atoms with Gasteiger partial charge in [0, 0.05) is 44.3 Å². The molecule has 2 heterocycles. The summed E-state index contributed by atoms with van der Waals surface area (Å²) in [5, 5.41) is 40.6. The Labute approximate surface area is 261 Å². The Bertz CT molecular complexity index is 1250. The van der Waals surface area contributed by atoms with Crippen molar-refractivity contribution in [1.82, 2.24) is 10.6 Å². The molecule has 44 heavy (non-hydrogen) atoms. The SMILES string of the molecule is CN=C(N)N[C@@H]1CCC[C@H](O)[C@@]12C#C[C@@H]1CCC[C@H]3C[C@H](CCN3)Oc3cc(ccc3O)C[C@H]1[C@@H](OC(C)=O)C[C@@H](O)CC2. The number of nitrogens with two attached hydrogens (primary N) is 1. The van der Waals surface area contributed by atoms with E-state index in [9.17, 15) is 20.1 Å². The maximum Gasteiger partial charge on any atom is 0.302 e. The van der Waals surface area contributed by atoms with Gasteiger partial charge in [-0.2, -0.15) is 0 Å². The summed E-state index contributed by atoms with van der Waals surface area (Å²) in [6.07, 6.45) is 6.31. The number of hydrogen-bond donors (Lipinski definition) is 6. The van der Waals surface area contributed by atoms with Crippen molar-refractivity contribution in [2.75, 3.05) is 13.6 Å². The van der Waals surface area contributed by atoms with Crippen LogP contribution in [-0.2, 0) is 16.0 Å². The normalized spacial score (nSPS) is 36.5. The van der Waals surface area contributed by atoms with E-state index in [2.05, 4.69) is 27.5 Å². The first-order valence-electron chi connectivity index (χ1n) is 16.4. The van der Waals surface area contributed by atoms with Crippen LogP contribution in [0, 0.1) is 29.1 Å². The van der Waals surface area contributed by atoms with Crippen molar-refractivity contribution in [2.24, 2.45) is 28.0 Å². The minimum absolute atomic E-state index is 0.0174. The number of benzene rings is 1. The van der Waals surface area contributed by atoms with Gasteiger partial charge >= 0.3 is 5.97 Å². The third-order valence-electron chi connectivity index (χ3n) is 10.3.